The number of thiazole rings is 1. The first kappa shape index (κ1) is 17.1. The molecule has 1 saturated heterocycles. The van der Waals surface area contributed by atoms with E-state index in [1.807, 2.05) is 30.3 Å². The Morgan fingerprint density at radius 1 is 1.32 bits per heavy atom. The minimum atomic E-state index is -1.01. The Hall–Kier alpha value is -2.74. The predicted molar refractivity (Wildman–Crippen MR) is 94.2 cm³/mol. The summed E-state index contributed by atoms with van der Waals surface area (Å²) in [6, 6.07) is 9.20. The van der Waals surface area contributed by atoms with E-state index in [4.69, 9.17) is 0 Å². The van der Waals surface area contributed by atoms with Gasteiger partial charge in [-0.3, -0.25) is 14.5 Å². The second kappa shape index (κ2) is 7.02. The summed E-state index contributed by atoms with van der Waals surface area (Å²) in [5.41, 5.74) is 0.0831. The third kappa shape index (κ3) is 3.85. The first-order valence-electron chi connectivity index (χ1n) is 7.85. The van der Waals surface area contributed by atoms with E-state index in [2.05, 4.69) is 15.6 Å². The lowest BCUT2D eigenvalue weighted by molar-refractivity contribution is -0.133. The first-order valence-corrected chi connectivity index (χ1v) is 8.73. The van der Waals surface area contributed by atoms with Crippen molar-refractivity contribution in [2.24, 2.45) is 0 Å². The second-order valence-corrected chi connectivity index (χ2v) is 6.92. The highest BCUT2D eigenvalue weighted by Crippen LogP contribution is 2.23. The lowest BCUT2D eigenvalue weighted by atomic mass is 9.93. The van der Waals surface area contributed by atoms with Gasteiger partial charge in [-0.05, 0) is 25.3 Å². The highest BCUT2D eigenvalue weighted by Gasteiger charge is 2.47. The summed E-state index contributed by atoms with van der Waals surface area (Å²) in [5.74, 6) is -0.839. The predicted octanol–water partition coefficient (Wildman–Crippen LogP) is 2.02. The molecule has 25 heavy (non-hydrogen) atoms. The van der Waals surface area contributed by atoms with Crippen LogP contribution in [0.15, 0.2) is 41.9 Å². The number of aromatic nitrogens is 1. The molecule has 1 aromatic carbocycles. The maximum absolute atomic E-state index is 12.6. The molecule has 0 saturated carbocycles. The van der Waals surface area contributed by atoms with Crippen molar-refractivity contribution >= 4 is 34.3 Å². The number of hydrogen-bond acceptors (Lipinski definition) is 5. The summed E-state index contributed by atoms with van der Waals surface area (Å²) >= 11 is 1.27. The minimum absolute atomic E-state index is 0.328. The zero-order valence-electron chi connectivity index (χ0n) is 13.7. The fourth-order valence-electron chi connectivity index (χ4n) is 2.69. The molecule has 2 aromatic rings. The van der Waals surface area contributed by atoms with Crippen LogP contribution in [-0.2, 0) is 16.0 Å². The Morgan fingerprint density at radius 2 is 2.08 bits per heavy atom. The zero-order valence-corrected chi connectivity index (χ0v) is 14.5. The van der Waals surface area contributed by atoms with Gasteiger partial charge in [0.15, 0.2) is 5.13 Å². The van der Waals surface area contributed by atoms with E-state index in [1.54, 1.807) is 18.5 Å². The summed E-state index contributed by atoms with van der Waals surface area (Å²) in [6.45, 7) is 1.36. The molecular formula is C17H18N4O3S. The summed E-state index contributed by atoms with van der Waals surface area (Å²) in [4.78, 5) is 41.7. The number of carbonyl (C=O) groups is 3. The van der Waals surface area contributed by atoms with Crippen LogP contribution >= 0.6 is 11.3 Å². The number of urea groups is 1. The smallest absolute Gasteiger partial charge is 0.323 e. The van der Waals surface area contributed by atoms with Crippen LogP contribution in [-0.4, -0.2) is 39.8 Å². The first-order chi connectivity index (χ1) is 12.0. The van der Waals surface area contributed by atoms with Gasteiger partial charge in [-0.1, -0.05) is 30.3 Å². The lowest BCUT2D eigenvalue weighted by Crippen LogP contribution is -2.45. The van der Waals surface area contributed by atoms with Crippen LogP contribution in [0.2, 0.25) is 0 Å². The van der Waals surface area contributed by atoms with Crippen LogP contribution in [0.5, 0.6) is 0 Å². The third-order valence-electron chi connectivity index (χ3n) is 4.08. The van der Waals surface area contributed by atoms with Crippen molar-refractivity contribution in [1.29, 1.82) is 0 Å². The third-order valence-corrected chi connectivity index (χ3v) is 4.77. The number of hydrogen-bond donors (Lipinski definition) is 2. The normalized spacial score (nSPS) is 19.8. The Kier molecular flexibility index (Phi) is 4.80. The van der Waals surface area contributed by atoms with E-state index >= 15 is 0 Å². The highest BCUT2D eigenvalue weighted by atomic mass is 32.1. The van der Waals surface area contributed by atoms with Gasteiger partial charge in [-0.2, -0.15) is 0 Å². The fourth-order valence-corrected chi connectivity index (χ4v) is 3.23. The number of amides is 4. The van der Waals surface area contributed by atoms with Gasteiger partial charge < -0.3 is 10.6 Å². The van der Waals surface area contributed by atoms with Gasteiger partial charge in [0, 0.05) is 11.6 Å². The van der Waals surface area contributed by atoms with Gasteiger partial charge in [-0.15, -0.1) is 11.3 Å². The lowest BCUT2D eigenvalue weighted by Gasteiger charge is -2.21. The van der Waals surface area contributed by atoms with Crippen molar-refractivity contribution in [1.82, 2.24) is 15.2 Å². The molecule has 8 heteroatoms. The SMILES string of the molecule is C[C@]1(CCc2ccccc2)NC(=O)N(CC(=O)Nc2nccs2)C1=O. The Labute approximate surface area is 149 Å². The van der Waals surface area contributed by atoms with E-state index in [1.165, 1.54) is 11.3 Å². The highest BCUT2D eigenvalue weighted by molar-refractivity contribution is 7.13. The quantitative estimate of drug-likeness (QED) is 0.773. The van der Waals surface area contributed by atoms with Crippen molar-refractivity contribution in [3.63, 3.8) is 0 Å². The number of benzene rings is 1. The molecule has 3 rings (SSSR count). The monoisotopic (exact) mass is 358 g/mol. The Morgan fingerprint density at radius 3 is 2.76 bits per heavy atom. The number of aryl methyl sites for hydroxylation is 1. The molecule has 130 valence electrons. The number of carbonyl (C=O) groups excluding carboxylic acids is 3. The van der Waals surface area contributed by atoms with Crippen molar-refractivity contribution in [2.75, 3.05) is 11.9 Å². The summed E-state index contributed by atoms with van der Waals surface area (Å²) in [7, 11) is 0. The molecule has 0 radical (unpaired) electrons. The molecule has 1 aromatic heterocycles. The van der Waals surface area contributed by atoms with Gasteiger partial charge in [0.05, 0.1) is 0 Å². The van der Waals surface area contributed by atoms with Crippen LogP contribution in [0.3, 0.4) is 0 Å². The maximum atomic E-state index is 12.6. The number of nitrogens with one attached hydrogen (secondary N) is 2. The maximum Gasteiger partial charge on any atom is 0.325 e. The van der Waals surface area contributed by atoms with Gasteiger partial charge in [0.1, 0.15) is 12.1 Å². The number of anilines is 1. The molecule has 0 spiro atoms. The van der Waals surface area contributed by atoms with Crippen molar-refractivity contribution < 1.29 is 14.4 Å². The van der Waals surface area contributed by atoms with E-state index in [-0.39, 0.29) is 12.5 Å². The van der Waals surface area contributed by atoms with Gasteiger partial charge >= 0.3 is 6.03 Å². The second-order valence-electron chi connectivity index (χ2n) is 6.02. The topological polar surface area (TPSA) is 91.4 Å². The van der Waals surface area contributed by atoms with Crippen LogP contribution in [0.4, 0.5) is 9.93 Å². The average Bonchev–Trinajstić information content (AvgIpc) is 3.17. The summed E-state index contributed by atoms with van der Waals surface area (Å²) in [6.07, 6.45) is 2.68. The van der Waals surface area contributed by atoms with E-state index in [0.717, 1.165) is 10.5 Å². The van der Waals surface area contributed by atoms with Crippen LogP contribution in [0, 0.1) is 0 Å². The van der Waals surface area contributed by atoms with Crippen LogP contribution < -0.4 is 10.6 Å². The Bertz CT molecular complexity index is 778. The molecule has 7 nitrogen and oxygen atoms in total. The van der Waals surface area contributed by atoms with Crippen LogP contribution in [0.1, 0.15) is 18.9 Å². The molecule has 2 heterocycles. The van der Waals surface area contributed by atoms with Gasteiger partial charge in [-0.25, -0.2) is 9.78 Å². The zero-order chi connectivity index (χ0) is 17.9. The van der Waals surface area contributed by atoms with Crippen LogP contribution in [0.25, 0.3) is 0 Å². The Balaban J connectivity index is 1.61. The molecule has 1 fully saturated rings. The molecule has 1 atom stereocenters. The van der Waals surface area contributed by atoms with Gasteiger partial charge in [0.25, 0.3) is 5.91 Å². The molecule has 1 aliphatic heterocycles. The van der Waals surface area contributed by atoms with Crippen molar-refractivity contribution in [3.8, 4) is 0 Å². The molecular weight excluding hydrogens is 340 g/mol. The molecule has 2 N–H and O–H groups in total. The minimum Gasteiger partial charge on any atom is -0.323 e. The molecule has 0 aliphatic carbocycles. The van der Waals surface area contributed by atoms with E-state index in [0.29, 0.717) is 18.0 Å². The summed E-state index contributed by atoms with van der Waals surface area (Å²) < 4.78 is 0. The molecule has 0 bridgehead atoms. The van der Waals surface area contributed by atoms with Gasteiger partial charge in [0.2, 0.25) is 5.91 Å². The molecule has 0 unspecified atom stereocenters. The average molecular weight is 358 g/mol. The van der Waals surface area contributed by atoms with E-state index in [9.17, 15) is 14.4 Å². The molecule has 1 aliphatic rings. The standard InChI is InChI=1S/C17H18N4O3S/c1-17(8-7-12-5-3-2-4-6-12)14(23)21(16(24)20-17)11-13(22)19-15-18-9-10-25-15/h2-6,9-10H,7-8,11H2,1H3,(H,20,24)(H,18,19,22)/t17-/m1/s1. The number of rotatable bonds is 6. The van der Waals surface area contributed by atoms with Crippen molar-refractivity contribution in [3.05, 3.63) is 47.5 Å². The number of imide groups is 1. The fraction of sp³-hybridized carbons (Fsp3) is 0.294. The number of nitrogens with zero attached hydrogens (tertiary/aromatic N) is 2. The largest absolute Gasteiger partial charge is 0.325 e. The molecule has 4 amide bonds. The van der Waals surface area contributed by atoms with E-state index < -0.39 is 17.5 Å². The van der Waals surface area contributed by atoms with Crippen molar-refractivity contribution in [2.45, 2.75) is 25.3 Å². The summed E-state index contributed by atoms with van der Waals surface area (Å²) in [5, 5.41) is 7.44.